The summed E-state index contributed by atoms with van der Waals surface area (Å²) < 4.78 is 45.8. The van der Waals surface area contributed by atoms with Gasteiger partial charge in [-0.15, -0.1) is 0 Å². The Labute approximate surface area is 353 Å². The van der Waals surface area contributed by atoms with Crippen molar-refractivity contribution in [3.8, 4) is 28.7 Å². The van der Waals surface area contributed by atoms with Gasteiger partial charge in [-0.05, 0) is 41.6 Å². The van der Waals surface area contributed by atoms with Crippen molar-refractivity contribution in [1.29, 1.82) is 0 Å². The van der Waals surface area contributed by atoms with E-state index < -0.39 is 73.0 Å². The van der Waals surface area contributed by atoms with E-state index >= 15 is 0 Å². The van der Waals surface area contributed by atoms with E-state index in [1.807, 2.05) is 71.7 Å². The van der Waals surface area contributed by atoms with Crippen LogP contribution < -0.4 is 34.7 Å². The number of rotatable bonds is 13. The molecule has 3 aromatic carbocycles. The van der Waals surface area contributed by atoms with Crippen molar-refractivity contribution >= 4 is 22.8 Å². The summed E-state index contributed by atoms with van der Waals surface area (Å²) in [7, 11) is 1.53. The van der Waals surface area contributed by atoms with E-state index in [0.29, 0.717) is 47.1 Å². The molecule has 0 radical (unpaired) electrons. The number of aliphatic carboxylic acids is 1. The lowest BCUT2D eigenvalue weighted by Crippen LogP contribution is -2.74. The van der Waals surface area contributed by atoms with Crippen LogP contribution in [0, 0.1) is 0 Å². The molecule has 6 heterocycles. The highest BCUT2D eigenvalue weighted by atomic mass is 16.7. The number of carbonyl (C=O) groups is 2. The van der Waals surface area contributed by atoms with E-state index in [-0.39, 0.29) is 24.9 Å². The van der Waals surface area contributed by atoms with Crippen molar-refractivity contribution in [2.75, 3.05) is 20.3 Å². The number of nitrogens with one attached hydrogen (secondary N) is 2. The Morgan fingerprint density at radius 3 is 2.60 bits per heavy atom. The number of aromatic nitrogens is 2. The van der Waals surface area contributed by atoms with E-state index in [4.69, 9.17) is 38.9 Å². The molecule has 18 heteroatoms. The number of fused-ring (bicyclic) bond motifs is 6. The number of carbonyl (C=O) groups excluding carboxylic acids is 1. The molecule has 1 spiro atoms. The van der Waals surface area contributed by atoms with Gasteiger partial charge in [0.2, 0.25) is 12.0 Å². The van der Waals surface area contributed by atoms with Crippen LogP contribution in [0.15, 0.2) is 91.5 Å². The molecule has 4 aliphatic rings. The summed E-state index contributed by atoms with van der Waals surface area (Å²) in [5.74, 6) is -1.18. The van der Waals surface area contributed by atoms with Gasteiger partial charge in [0.25, 0.3) is 0 Å². The van der Waals surface area contributed by atoms with Gasteiger partial charge < -0.3 is 79.3 Å². The largest absolute Gasteiger partial charge is 0.493 e. The first-order valence-electron chi connectivity index (χ1n) is 20.1. The number of nitrogens with zero attached hydrogens (tertiary/aromatic N) is 1. The lowest BCUT2D eigenvalue weighted by Gasteiger charge is -2.52. The molecule has 62 heavy (non-hydrogen) atoms. The first kappa shape index (κ1) is 41.1. The van der Waals surface area contributed by atoms with Crippen molar-refractivity contribution in [1.82, 2.24) is 14.9 Å². The third-order valence-electron chi connectivity index (χ3n) is 11.7. The third kappa shape index (κ3) is 7.33. The number of hydrogen-bond acceptors (Lipinski definition) is 15. The molecule has 5 aromatic rings. The number of carboxylic acid groups (broad SMARTS) is 1. The van der Waals surface area contributed by atoms with Crippen LogP contribution in [0.4, 0.5) is 0 Å². The van der Waals surface area contributed by atoms with Gasteiger partial charge in [0.05, 0.1) is 25.2 Å². The summed E-state index contributed by atoms with van der Waals surface area (Å²) in [6.07, 6.45) is -3.43. The van der Waals surface area contributed by atoms with Gasteiger partial charge in [0.15, 0.2) is 23.2 Å². The van der Waals surface area contributed by atoms with E-state index in [9.17, 15) is 35.1 Å². The number of nitrogens with two attached hydrogens (primary N) is 1. The van der Waals surface area contributed by atoms with Crippen LogP contribution in [-0.2, 0) is 32.0 Å². The van der Waals surface area contributed by atoms with Crippen molar-refractivity contribution in [2.24, 2.45) is 5.73 Å². The number of carboxylic acids is 1. The van der Waals surface area contributed by atoms with E-state index in [1.165, 1.54) is 19.4 Å². The number of hydrogen-bond donors (Lipinski definition) is 8. The zero-order valence-corrected chi connectivity index (χ0v) is 33.3. The Bertz CT molecular complexity index is 2460. The molecule has 9 rings (SSSR count). The fourth-order valence-corrected chi connectivity index (χ4v) is 8.98. The molecular formula is C44H46N4O14. The maximum Gasteiger partial charge on any atom is 0.317 e. The molecule has 18 nitrogen and oxygen atoms in total. The van der Waals surface area contributed by atoms with Crippen LogP contribution in [0.3, 0.4) is 0 Å². The smallest absolute Gasteiger partial charge is 0.317 e. The monoisotopic (exact) mass is 854 g/mol. The van der Waals surface area contributed by atoms with Gasteiger partial charge in [-0.2, -0.15) is 0 Å². The van der Waals surface area contributed by atoms with Crippen molar-refractivity contribution in [3.05, 3.63) is 114 Å². The second-order valence-corrected chi connectivity index (χ2v) is 15.7. The fraction of sp³-hybridized carbons (Fsp3) is 0.364. The van der Waals surface area contributed by atoms with Crippen LogP contribution in [0.5, 0.6) is 28.7 Å². The number of methoxy groups -OCH3 is 1. The predicted molar refractivity (Wildman–Crippen MR) is 217 cm³/mol. The van der Waals surface area contributed by atoms with E-state index in [2.05, 4.69) is 10.3 Å². The van der Waals surface area contributed by atoms with Crippen LogP contribution in [0.1, 0.15) is 40.7 Å². The highest BCUT2D eigenvalue weighted by Crippen LogP contribution is 2.59. The third-order valence-corrected chi connectivity index (χ3v) is 11.7. The van der Waals surface area contributed by atoms with Gasteiger partial charge >= 0.3 is 11.9 Å². The standard InChI is InChI=1S/C44H46N4O14/c1-56-28-8-7-26-34-29(15-22-5-3-2-4-6-22)59-30-17-25(58-43-36(54)35(53)40(55)44(62-43)10-12-47-42(45)41(44)60-32(52)18-31(50)51)16-24(20-48-19-23-9-11-46-27(23)21-48)33(30)39(34)61-37(26)38(28)57-14-13-49/h2-12,16-17,19,21,29,34-36,39-43,46-47,49,53-55H,13-15,18,20,45H2,1H3,(H,50,51)/t29-,34-,35-,36-,39+,40+,41-,42+,43-,44+/m1/s1. The lowest BCUT2D eigenvalue weighted by atomic mass is 9.79. The Balaban J connectivity index is 1.14. The van der Waals surface area contributed by atoms with Gasteiger partial charge in [0, 0.05) is 54.1 Å². The molecule has 1 fully saturated rings. The number of aliphatic hydroxyl groups excluding tert-OH is 4. The molecule has 0 unspecified atom stereocenters. The van der Waals surface area contributed by atoms with Crippen LogP contribution in [0.25, 0.3) is 10.9 Å². The minimum Gasteiger partial charge on any atom is -0.493 e. The van der Waals surface area contributed by atoms with Crippen LogP contribution in [0.2, 0.25) is 0 Å². The lowest BCUT2D eigenvalue weighted by molar-refractivity contribution is -0.321. The van der Waals surface area contributed by atoms with Crippen molar-refractivity contribution < 1.29 is 68.3 Å². The summed E-state index contributed by atoms with van der Waals surface area (Å²) in [5.41, 5.74) is 8.33. The van der Waals surface area contributed by atoms with E-state index in [1.54, 1.807) is 12.1 Å². The summed E-state index contributed by atoms with van der Waals surface area (Å²) >= 11 is 0. The molecule has 0 saturated carbocycles. The van der Waals surface area contributed by atoms with E-state index in [0.717, 1.165) is 22.0 Å². The average molecular weight is 855 g/mol. The minimum atomic E-state index is -2.10. The highest BCUT2D eigenvalue weighted by Gasteiger charge is 2.61. The van der Waals surface area contributed by atoms with Gasteiger partial charge in [-0.1, -0.05) is 36.4 Å². The van der Waals surface area contributed by atoms with Crippen molar-refractivity contribution in [3.63, 3.8) is 0 Å². The maximum atomic E-state index is 12.6. The molecule has 1 saturated heterocycles. The molecule has 0 aliphatic carbocycles. The average Bonchev–Trinajstić information content (AvgIpc) is 3.97. The molecule has 0 amide bonds. The molecule has 9 N–H and O–H groups in total. The summed E-state index contributed by atoms with van der Waals surface area (Å²) in [4.78, 5) is 27.2. The SMILES string of the molecule is COc1ccc2c(c1OCCO)O[C@H]1c3c(Cn4cc5cc[nH]c5c4)cc(O[C@@H]4O[C@@]5(C=CN[C@H](N)[C@H]5OC(=O)CC(=O)O)[C@@H](O)[C@H](O)[C@H]4O)cc3O[C@H](Cc3ccccc3)[C@@H]21. The molecular weight excluding hydrogens is 808 g/mol. The second-order valence-electron chi connectivity index (χ2n) is 15.7. The zero-order valence-electron chi connectivity index (χ0n) is 33.3. The molecule has 4 aliphatic heterocycles. The van der Waals surface area contributed by atoms with Gasteiger partial charge in [-0.3, -0.25) is 9.59 Å². The van der Waals surface area contributed by atoms with Crippen LogP contribution in [-0.4, -0.2) is 116 Å². The normalized spacial score (nSPS) is 28.2. The zero-order chi connectivity index (χ0) is 43.3. The molecule has 10 atom stereocenters. The molecule has 0 bridgehead atoms. The number of esters is 1. The first-order valence-corrected chi connectivity index (χ1v) is 20.1. The Hall–Kier alpha value is -6.28. The fourth-order valence-electron chi connectivity index (χ4n) is 8.98. The summed E-state index contributed by atoms with van der Waals surface area (Å²) in [5, 5.41) is 56.7. The Morgan fingerprint density at radius 2 is 1.84 bits per heavy atom. The van der Waals surface area contributed by atoms with Gasteiger partial charge in [-0.25, -0.2) is 0 Å². The highest BCUT2D eigenvalue weighted by molar-refractivity contribution is 5.90. The number of ether oxygens (including phenoxy) is 7. The summed E-state index contributed by atoms with van der Waals surface area (Å²) in [6, 6.07) is 18.9. The first-order chi connectivity index (χ1) is 30.0. The van der Waals surface area contributed by atoms with Crippen LogP contribution >= 0.6 is 0 Å². The Morgan fingerprint density at radius 1 is 1.02 bits per heavy atom. The minimum absolute atomic E-state index is 0.00458. The quantitative estimate of drug-likeness (QED) is 0.0622. The topological polar surface area (TPSA) is 259 Å². The summed E-state index contributed by atoms with van der Waals surface area (Å²) in [6.45, 7) is 0.0663. The number of aliphatic hydroxyl groups is 4. The Kier molecular flexibility index (Phi) is 11.0. The van der Waals surface area contributed by atoms with Crippen molar-refractivity contribution in [2.45, 2.75) is 80.0 Å². The maximum absolute atomic E-state index is 12.6. The number of aromatic amines is 1. The number of benzene rings is 3. The molecule has 326 valence electrons. The second kappa shape index (κ2) is 16.5. The number of H-pyrrole nitrogens is 1. The molecule has 2 aromatic heterocycles. The van der Waals surface area contributed by atoms with Gasteiger partial charge in [0.1, 0.15) is 61.2 Å². The predicted octanol–water partition coefficient (Wildman–Crippen LogP) is 1.96.